The van der Waals surface area contributed by atoms with Gasteiger partial charge in [-0.15, -0.1) is 0 Å². The molecule has 0 spiro atoms. The molecule has 5 nitrogen and oxygen atoms in total. The lowest BCUT2D eigenvalue weighted by Gasteiger charge is -2.09. The van der Waals surface area contributed by atoms with Crippen LogP contribution in [0.1, 0.15) is 22.5 Å². The summed E-state index contributed by atoms with van der Waals surface area (Å²) in [5, 5.41) is 0. The number of oxazole rings is 1. The summed E-state index contributed by atoms with van der Waals surface area (Å²) in [4.78, 5) is 17.8. The molecule has 146 valence electrons. The van der Waals surface area contributed by atoms with Gasteiger partial charge in [0.1, 0.15) is 17.2 Å². The van der Waals surface area contributed by atoms with Gasteiger partial charge in [-0.1, -0.05) is 30.3 Å². The van der Waals surface area contributed by atoms with Crippen molar-refractivity contribution in [1.82, 2.24) is 9.88 Å². The number of primary amides is 1. The van der Waals surface area contributed by atoms with Gasteiger partial charge in [0.2, 0.25) is 5.89 Å². The van der Waals surface area contributed by atoms with E-state index in [1.807, 2.05) is 26.2 Å². The zero-order valence-corrected chi connectivity index (χ0v) is 15.7. The third kappa shape index (κ3) is 4.26. The van der Waals surface area contributed by atoms with Gasteiger partial charge in [0.25, 0.3) is 5.91 Å². The van der Waals surface area contributed by atoms with Gasteiger partial charge < -0.3 is 15.1 Å². The number of hydrogen-bond donors (Lipinski definition) is 1. The molecule has 0 fully saturated rings. The first-order valence-corrected chi connectivity index (χ1v) is 8.86. The normalized spacial score (nSPS) is 11.2. The maximum Gasteiger partial charge on any atom is 0.271 e. The Morgan fingerprint density at radius 1 is 1.11 bits per heavy atom. The van der Waals surface area contributed by atoms with Gasteiger partial charge in [0.15, 0.2) is 11.5 Å². The number of amides is 1. The molecular weight excluding hydrogens is 364 g/mol. The van der Waals surface area contributed by atoms with Crippen molar-refractivity contribution in [3.8, 4) is 22.8 Å². The molecule has 7 heteroatoms. The Morgan fingerprint density at radius 3 is 2.32 bits per heavy atom. The van der Waals surface area contributed by atoms with Crippen molar-refractivity contribution in [2.45, 2.75) is 12.8 Å². The van der Waals surface area contributed by atoms with Crippen LogP contribution in [-0.2, 0) is 6.42 Å². The van der Waals surface area contributed by atoms with Gasteiger partial charge in [0.05, 0.1) is 0 Å². The maximum atomic E-state index is 14.0. The van der Waals surface area contributed by atoms with Crippen LogP contribution in [-0.4, -0.2) is 36.4 Å². The number of rotatable bonds is 7. The average molecular weight is 385 g/mol. The summed E-state index contributed by atoms with van der Waals surface area (Å²) in [6, 6.07) is 10.8. The largest absolute Gasteiger partial charge is 0.435 e. The minimum Gasteiger partial charge on any atom is -0.435 e. The monoisotopic (exact) mass is 385 g/mol. The highest BCUT2D eigenvalue weighted by molar-refractivity contribution is 5.97. The molecule has 1 heterocycles. The maximum absolute atomic E-state index is 14.0. The lowest BCUT2D eigenvalue weighted by molar-refractivity contribution is 0.0996. The number of nitrogens with two attached hydrogens (primary N) is 1. The Bertz CT molecular complexity index is 962. The first-order chi connectivity index (χ1) is 13.4. The van der Waals surface area contributed by atoms with Crippen molar-refractivity contribution in [3.05, 3.63) is 65.4 Å². The SMILES string of the molecule is CN(C)CCCc1ccc(-c2oc(-c3c(F)cccc3F)nc2C(N)=O)cc1. The lowest BCUT2D eigenvalue weighted by Crippen LogP contribution is -2.13. The van der Waals surface area contributed by atoms with Crippen molar-refractivity contribution in [1.29, 1.82) is 0 Å². The van der Waals surface area contributed by atoms with Crippen molar-refractivity contribution in [2.75, 3.05) is 20.6 Å². The molecule has 28 heavy (non-hydrogen) atoms. The average Bonchev–Trinajstić information content (AvgIpc) is 3.07. The minimum atomic E-state index is -0.836. The van der Waals surface area contributed by atoms with Crippen LogP contribution in [0.4, 0.5) is 8.78 Å². The van der Waals surface area contributed by atoms with E-state index in [1.54, 1.807) is 12.1 Å². The zero-order valence-electron chi connectivity index (χ0n) is 15.7. The predicted molar refractivity (Wildman–Crippen MR) is 103 cm³/mol. The fourth-order valence-corrected chi connectivity index (χ4v) is 2.91. The molecule has 0 aliphatic heterocycles. The number of benzene rings is 2. The van der Waals surface area contributed by atoms with E-state index in [9.17, 15) is 13.6 Å². The molecule has 2 aromatic carbocycles. The van der Waals surface area contributed by atoms with E-state index in [2.05, 4.69) is 9.88 Å². The second kappa shape index (κ2) is 8.31. The summed E-state index contributed by atoms with van der Waals surface area (Å²) in [5.74, 6) is -2.74. The first-order valence-electron chi connectivity index (χ1n) is 8.86. The Balaban J connectivity index is 1.93. The molecule has 0 bridgehead atoms. The van der Waals surface area contributed by atoms with E-state index >= 15 is 0 Å². The molecule has 3 aromatic rings. The van der Waals surface area contributed by atoms with E-state index in [0.717, 1.165) is 37.1 Å². The first kappa shape index (κ1) is 19.7. The number of carbonyl (C=O) groups excluding carboxylic acids is 1. The van der Waals surface area contributed by atoms with Gasteiger partial charge >= 0.3 is 0 Å². The molecule has 3 rings (SSSR count). The Morgan fingerprint density at radius 2 is 1.75 bits per heavy atom. The quantitative estimate of drug-likeness (QED) is 0.670. The van der Waals surface area contributed by atoms with E-state index in [4.69, 9.17) is 10.2 Å². The summed E-state index contributed by atoms with van der Waals surface area (Å²) in [6.45, 7) is 0.979. The minimum absolute atomic E-state index is 0.0880. The fraction of sp³-hybridized carbons (Fsp3) is 0.238. The Hall–Kier alpha value is -3.06. The second-order valence-electron chi connectivity index (χ2n) is 6.76. The molecular formula is C21H21F2N3O2. The van der Waals surface area contributed by atoms with Gasteiger partial charge in [-0.3, -0.25) is 4.79 Å². The summed E-state index contributed by atoms with van der Waals surface area (Å²) >= 11 is 0. The van der Waals surface area contributed by atoms with Crippen molar-refractivity contribution >= 4 is 5.91 Å². The third-order valence-electron chi connectivity index (χ3n) is 4.32. The standard InChI is InChI=1S/C21H21F2N3O2/c1-26(2)12-4-5-13-8-10-14(11-9-13)19-18(20(24)27)25-21(28-19)17-15(22)6-3-7-16(17)23/h3,6-11H,4-5,12H2,1-2H3,(H2,24,27). The highest BCUT2D eigenvalue weighted by atomic mass is 19.1. The second-order valence-corrected chi connectivity index (χ2v) is 6.76. The van der Waals surface area contributed by atoms with Crippen molar-refractivity contribution in [2.24, 2.45) is 5.73 Å². The van der Waals surface area contributed by atoms with Gasteiger partial charge in [-0.05, 0) is 51.2 Å². The van der Waals surface area contributed by atoms with E-state index < -0.39 is 23.1 Å². The molecule has 1 amide bonds. The molecule has 0 saturated carbocycles. The third-order valence-corrected chi connectivity index (χ3v) is 4.32. The Labute approximate surface area is 161 Å². The predicted octanol–water partition coefficient (Wildman–Crippen LogP) is 3.88. The Kier molecular flexibility index (Phi) is 5.84. The molecule has 0 aliphatic carbocycles. The summed E-state index contributed by atoms with van der Waals surface area (Å²) in [6.07, 6.45) is 1.92. The van der Waals surface area contributed by atoms with Crippen LogP contribution in [0, 0.1) is 11.6 Å². The summed E-state index contributed by atoms with van der Waals surface area (Å²) in [5.41, 5.74) is 6.47. The molecule has 0 aliphatic rings. The van der Waals surface area contributed by atoms with Crippen LogP contribution in [0.2, 0.25) is 0 Å². The topological polar surface area (TPSA) is 72.4 Å². The highest BCUT2D eigenvalue weighted by Gasteiger charge is 2.24. The van der Waals surface area contributed by atoms with Gasteiger partial charge in [0, 0.05) is 5.56 Å². The zero-order chi connectivity index (χ0) is 20.3. The van der Waals surface area contributed by atoms with Crippen molar-refractivity contribution < 1.29 is 18.0 Å². The van der Waals surface area contributed by atoms with Gasteiger partial charge in [-0.25, -0.2) is 13.8 Å². The summed E-state index contributed by atoms with van der Waals surface area (Å²) < 4.78 is 33.7. The van der Waals surface area contributed by atoms with E-state index in [1.165, 1.54) is 6.07 Å². The summed E-state index contributed by atoms with van der Waals surface area (Å²) in [7, 11) is 4.04. The van der Waals surface area contributed by atoms with Crippen LogP contribution in [0.25, 0.3) is 22.8 Å². The smallest absolute Gasteiger partial charge is 0.271 e. The van der Waals surface area contributed by atoms with Crippen molar-refractivity contribution in [3.63, 3.8) is 0 Å². The number of hydrogen-bond acceptors (Lipinski definition) is 4. The molecule has 0 radical (unpaired) electrons. The molecule has 0 unspecified atom stereocenters. The number of aryl methyl sites for hydroxylation is 1. The van der Waals surface area contributed by atoms with Gasteiger partial charge in [-0.2, -0.15) is 0 Å². The molecule has 2 N–H and O–H groups in total. The number of nitrogens with zero attached hydrogens (tertiary/aromatic N) is 2. The van der Waals surface area contributed by atoms with Crippen LogP contribution in [0.3, 0.4) is 0 Å². The lowest BCUT2D eigenvalue weighted by atomic mass is 10.0. The highest BCUT2D eigenvalue weighted by Crippen LogP contribution is 2.32. The van der Waals surface area contributed by atoms with Crippen LogP contribution < -0.4 is 5.73 Å². The number of aromatic nitrogens is 1. The van der Waals surface area contributed by atoms with Crippen LogP contribution >= 0.6 is 0 Å². The van der Waals surface area contributed by atoms with Crippen LogP contribution in [0.5, 0.6) is 0 Å². The fourth-order valence-electron chi connectivity index (χ4n) is 2.91. The molecule has 1 aromatic heterocycles. The van der Waals surface area contributed by atoms with E-state index in [0.29, 0.717) is 5.56 Å². The molecule has 0 saturated heterocycles. The van der Waals surface area contributed by atoms with Crippen LogP contribution in [0.15, 0.2) is 46.9 Å². The van der Waals surface area contributed by atoms with E-state index in [-0.39, 0.29) is 17.3 Å². The molecule has 0 atom stereocenters. The number of halogens is 2. The number of carbonyl (C=O) groups is 1.